The van der Waals surface area contributed by atoms with Crippen LogP contribution >= 0.6 is 0 Å². The Morgan fingerprint density at radius 1 is 1.10 bits per heavy atom. The highest BCUT2D eigenvalue weighted by atomic mass is 16.6. The number of hydrogen-bond donors (Lipinski definition) is 1. The highest BCUT2D eigenvalue weighted by molar-refractivity contribution is 6.00. The van der Waals surface area contributed by atoms with Gasteiger partial charge in [0.2, 0.25) is 0 Å². The van der Waals surface area contributed by atoms with Gasteiger partial charge in [-0.3, -0.25) is 10.1 Å². The van der Waals surface area contributed by atoms with Crippen molar-refractivity contribution in [3.05, 3.63) is 62.5 Å². The summed E-state index contributed by atoms with van der Waals surface area (Å²) in [6, 6.07) is 5.85. The average molecular weight is 432 g/mol. The molecule has 0 spiro atoms. The molecule has 1 aliphatic rings. The van der Waals surface area contributed by atoms with Crippen molar-refractivity contribution < 1.29 is 28.7 Å². The van der Waals surface area contributed by atoms with Crippen LogP contribution in [0, 0.1) is 10.1 Å². The van der Waals surface area contributed by atoms with Crippen molar-refractivity contribution in [1.82, 2.24) is 5.32 Å². The molecule has 0 radical (unpaired) electrons. The molecule has 168 valence electrons. The monoisotopic (exact) mass is 432 g/mol. The lowest BCUT2D eigenvalue weighted by Crippen LogP contribution is -2.35. The predicted molar refractivity (Wildman–Crippen MR) is 113 cm³/mol. The lowest BCUT2D eigenvalue weighted by atomic mass is 9.80. The van der Waals surface area contributed by atoms with Gasteiger partial charge in [-0.25, -0.2) is 9.59 Å². The van der Waals surface area contributed by atoms with Crippen molar-refractivity contribution in [2.24, 2.45) is 0 Å². The normalized spacial score (nSPS) is 16.6. The molecule has 0 aliphatic carbocycles. The van der Waals surface area contributed by atoms with E-state index in [2.05, 4.69) is 5.32 Å². The molecule has 1 atom stereocenters. The zero-order valence-electron chi connectivity index (χ0n) is 18.6. The number of nitrogens with one attached hydrogen (secondary N) is 1. The molecule has 1 heterocycles. The number of rotatable bonds is 7. The van der Waals surface area contributed by atoms with E-state index in [1.807, 2.05) is 0 Å². The maximum absolute atomic E-state index is 13.1. The second kappa shape index (κ2) is 9.74. The Labute approximate surface area is 181 Å². The van der Waals surface area contributed by atoms with Gasteiger partial charge in [-0.2, -0.15) is 0 Å². The summed E-state index contributed by atoms with van der Waals surface area (Å²) in [7, 11) is 1.49. The quantitative estimate of drug-likeness (QED) is 0.302. The number of benzene rings is 1. The number of allylic oxidation sites excluding steroid dienone is 2. The second-order valence-electron chi connectivity index (χ2n) is 8.12. The Morgan fingerprint density at radius 2 is 1.71 bits per heavy atom. The Kier molecular flexibility index (Phi) is 7.56. The Morgan fingerprint density at radius 3 is 2.26 bits per heavy atom. The van der Waals surface area contributed by atoms with E-state index >= 15 is 0 Å². The minimum absolute atomic E-state index is 0.0260. The first-order valence-corrected chi connectivity index (χ1v) is 9.78. The van der Waals surface area contributed by atoms with Crippen molar-refractivity contribution in [3.63, 3.8) is 0 Å². The molecule has 1 unspecified atom stereocenters. The van der Waals surface area contributed by atoms with E-state index in [0.717, 1.165) is 0 Å². The van der Waals surface area contributed by atoms with Crippen LogP contribution < -0.4 is 5.32 Å². The molecule has 1 aromatic carbocycles. The van der Waals surface area contributed by atoms with E-state index in [4.69, 9.17) is 14.2 Å². The summed E-state index contributed by atoms with van der Waals surface area (Å²) in [6.45, 7) is 8.83. The summed E-state index contributed by atoms with van der Waals surface area (Å²) >= 11 is 0. The van der Waals surface area contributed by atoms with Crippen LogP contribution in [0.3, 0.4) is 0 Å². The van der Waals surface area contributed by atoms with Gasteiger partial charge in [-0.1, -0.05) is 12.1 Å². The highest BCUT2D eigenvalue weighted by Gasteiger charge is 2.39. The average Bonchev–Trinajstić information content (AvgIpc) is 2.66. The summed E-state index contributed by atoms with van der Waals surface area (Å²) in [5.41, 5.74) is 0.853. The number of esters is 2. The third kappa shape index (κ3) is 5.91. The molecule has 0 aromatic heterocycles. The molecule has 9 nitrogen and oxygen atoms in total. The van der Waals surface area contributed by atoms with Crippen LogP contribution in [-0.4, -0.2) is 42.8 Å². The molecular formula is C22H28N2O7. The van der Waals surface area contributed by atoms with Gasteiger partial charge in [0.05, 0.1) is 28.6 Å². The number of hydrogen-bond acceptors (Lipinski definition) is 8. The largest absolute Gasteiger partial charge is 0.460 e. The zero-order chi connectivity index (χ0) is 23.3. The highest BCUT2D eigenvalue weighted by Crippen LogP contribution is 2.40. The topological polar surface area (TPSA) is 117 Å². The van der Waals surface area contributed by atoms with Crippen LogP contribution in [0.25, 0.3) is 0 Å². The molecule has 9 heteroatoms. The van der Waals surface area contributed by atoms with Crippen LogP contribution in [-0.2, 0) is 23.8 Å². The number of nitro benzene ring substituents is 1. The summed E-state index contributed by atoms with van der Waals surface area (Å²) in [6.07, 6.45) is 0. The van der Waals surface area contributed by atoms with E-state index in [-0.39, 0.29) is 30.0 Å². The smallest absolute Gasteiger partial charge is 0.337 e. The molecule has 31 heavy (non-hydrogen) atoms. The summed E-state index contributed by atoms with van der Waals surface area (Å²) < 4.78 is 15.8. The molecule has 1 N–H and O–H groups in total. The van der Waals surface area contributed by atoms with Gasteiger partial charge in [-0.05, 0) is 40.2 Å². The predicted octanol–water partition coefficient (Wildman–Crippen LogP) is 3.36. The van der Waals surface area contributed by atoms with Gasteiger partial charge in [0.15, 0.2) is 0 Å². The number of non-ortho nitro benzene ring substituents is 1. The Hall–Kier alpha value is -3.20. The van der Waals surface area contributed by atoms with Crippen LogP contribution in [0.2, 0.25) is 0 Å². The first kappa shape index (κ1) is 24.1. The number of nitrogens with zero attached hydrogens (tertiary/aromatic N) is 1. The molecule has 0 fully saturated rings. The van der Waals surface area contributed by atoms with Crippen molar-refractivity contribution >= 4 is 17.6 Å². The number of ether oxygens (including phenoxy) is 3. The summed E-state index contributed by atoms with van der Waals surface area (Å²) in [5, 5.41) is 14.4. The lowest BCUT2D eigenvalue weighted by Gasteiger charge is -2.32. The standard InChI is InChI=1S/C22H28N2O7/c1-13-17(20(25)30-11-10-29-6)19(15-8-7-9-16(12-15)24(27)28)18(14(2)23-13)21(26)31-22(3,4)5/h7-9,12,19,23H,10-11H2,1-6H3. The van der Waals surface area contributed by atoms with Gasteiger partial charge >= 0.3 is 11.9 Å². The van der Waals surface area contributed by atoms with Crippen molar-refractivity contribution in [2.45, 2.75) is 46.1 Å². The molecule has 2 rings (SSSR count). The molecule has 0 bridgehead atoms. The SMILES string of the molecule is COCCOC(=O)C1=C(C)NC(C)=C(C(=O)OC(C)(C)C)C1c1cccc([N+](=O)[O-])c1. The van der Waals surface area contributed by atoms with Crippen molar-refractivity contribution in [1.29, 1.82) is 0 Å². The van der Waals surface area contributed by atoms with E-state index in [1.165, 1.54) is 25.3 Å². The van der Waals surface area contributed by atoms with Crippen LogP contribution in [0.15, 0.2) is 46.8 Å². The van der Waals surface area contributed by atoms with E-state index in [9.17, 15) is 19.7 Å². The number of carbonyl (C=O) groups is 2. The molecule has 1 aromatic rings. The summed E-state index contributed by atoms with van der Waals surface area (Å²) in [4.78, 5) is 36.9. The second-order valence-corrected chi connectivity index (χ2v) is 8.12. The number of dihydropyridines is 1. The third-order valence-electron chi connectivity index (χ3n) is 4.53. The molecule has 0 saturated carbocycles. The minimum atomic E-state index is -0.897. The van der Waals surface area contributed by atoms with E-state index < -0.39 is 28.4 Å². The molecule has 0 amide bonds. The van der Waals surface area contributed by atoms with Crippen molar-refractivity contribution in [2.75, 3.05) is 20.3 Å². The van der Waals surface area contributed by atoms with Gasteiger partial charge < -0.3 is 19.5 Å². The van der Waals surface area contributed by atoms with E-state index in [0.29, 0.717) is 17.0 Å². The van der Waals surface area contributed by atoms with Crippen molar-refractivity contribution in [3.8, 4) is 0 Å². The first-order chi connectivity index (χ1) is 14.5. The number of methoxy groups -OCH3 is 1. The lowest BCUT2D eigenvalue weighted by molar-refractivity contribution is -0.384. The number of carbonyl (C=O) groups excluding carboxylic acids is 2. The fourth-order valence-corrected chi connectivity index (χ4v) is 3.31. The van der Waals surface area contributed by atoms with Gasteiger partial charge in [0.1, 0.15) is 12.2 Å². The van der Waals surface area contributed by atoms with Gasteiger partial charge in [0, 0.05) is 30.6 Å². The maximum Gasteiger partial charge on any atom is 0.337 e. The van der Waals surface area contributed by atoms with Crippen LogP contribution in [0.1, 0.15) is 46.1 Å². The fraction of sp³-hybridized carbons (Fsp3) is 0.455. The maximum atomic E-state index is 13.1. The van der Waals surface area contributed by atoms with E-state index in [1.54, 1.807) is 40.7 Å². The molecule has 1 aliphatic heterocycles. The Bertz CT molecular complexity index is 941. The van der Waals surface area contributed by atoms with Gasteiger partial charge in [0.25, 0.3) is 5.69 Å². The minimum Gasteiger partial charge on any atom is -0.460 e. The third-order valence-corrected chi connectivity index (χ3v) is 4.53. The number of nitro groups is 1. The summed E-state index contributed by atoms with van der Waals surface area (Å²) in [5.74, 6) is -2.16. The van der Waals surface area contributed by atoms with Crippen LogP contribution in [0.4, 0.5) is 5.69 Å². The molecular weight excluding hydrogens is 404 g/mol. The zero-order valence-corrected chi connectivity index (χ0v) is 18.6. The Balaban J connectivity index is 2.62. The van der Waals surface area contributed by atoms with Crippen LogP contribution in [0.5, 0.6) is 0 Å². The molecule has 0 saturated heterocycles. The first-order valence-electron chi connectivity index (χ1n) is 9.78. The van der Waals surface area contributed by atoms with Gasteiger partial charge in [-0.15, -0.1) is 0 Å². The fourth-order valence-electron chi connectivity index (χ4n) is 3.31.